The number of Topliss-reactive ketones (excluding diaryl/α,β-unsaturated/α-hetero) is 1. The first-order valence-electron chi connectivity index (χ1n) is 10.3. The minimum atomic E-state index is -1.21. The van der Waals surface area contributed by atoms with E-state index >= 15 is 0 Å². The van der Waals surface area contributed by atoms with Crippen molar-refractivity contribution in [3.8, 4) is 21.6 Å². The van der Waals surface area contributed by atoms with Gasteiger partial charge in [-0.3, -0.25) is 9.59 Å². The van der Waals surface area contributed by atoms with Crippen molar-refractivity contribution in [1.29, 1.82) is 0 Å². The fourth-order valence-corrected chi connectivity index (χ4v) is 4.82. The fraction of sp³-hybridized carbons (Fsp3) is 0.231. The van der Waals surface area contributed by atoms with Gasteiger partial charge < -0.3 is 10.2 Å². The van der Waals surface area contributed by atoms with Crippen LogP contribution in [0, 0.1) is 5.82 Å². The molecule has 0 amide bonds. The van der Waals surface area contributed by atoms with Gasteiger partial charge in [0.05, 0.1) is 6.10 Å². The zero-order valence-electron chi connectivity index (χ0n) is 17.9. The Kier molecular flexibility index (Phi) is 7.72. The molecule has 0 bridgehead atoms. The molecule has 2 N–H and O–H groups in total. The number of aliphatic hydroxyl groups excluding tert-OH is 1. The lowest BCUT2D eigenvalue weighted by Gasteiger charge is -2.10. The Morgan fingerprint density at radius 3 is 2.28 bits per heavy atom. The fourth-order valence-electron chi connectivity index (χ4n) is 3.50. The third-order valence-corrected chi connectivity index (χ3v) is 6.49. The smallest absolute Gasteiger partial charge is 0.310 e. The molecule has 0 aliphatic rings. The van der Waals surface area contributed by atoms with Gasteiger partial charge in [-0.05, 0) is 34.7 Å². The van der Waals surface area contributed by atoms with Crippen LogP contribution in [0.4, 0.5) is 4.39 Å². The maximum absolute atomic E-state index is 13.6. The second-order valence-corrected chi connectivity index (χ2v) is 8.90. The minimum Gasteiger partial charge on any atom is -0.481 e. The Labute approximate surface area is 190 Å². The molecule has 1 aromatic heterocycles. The number of ketones is 1. The Morgan fingerprint density at radius 2 is 1.69 bits per heavy atom. The van der Waals surface area contributed by atoms with E-state index in [4.69, 9.17) is 5.11 Å². The van der Waals surface area contributed by atoms with Gasteiger partial charge in [-0.2, -0.15) is 0 Å². The minimum absolute atomic E-state index is 0.196. The molecule has 0 aliphatic heterocycles. The number of aliphatic hydroxyl groups is 1. The summed E-state index contributed by atoms with van der Waals surface area (Å²) in [6.45, 7) is 4.17. The molecule has 0 saturated heterocycles. The van der Waals surface area contributed by atoms with Crippen LogP contribution >= 0.6 is 11.3 Å². The monoisotopic (exact) mass is 452 g/mol. The number of carboxylic acids is 1. The van der Waals surface area contributed by atoms with Gasteiger partial charge >= 0.3 is 5.97 Å². The van der Waals surface area contributed by atoms with Gasteiger partial charge in [-0.15, -0.1) is 11.3 Å². The summed E-state index contributed by atoms with van der Waals surface area (Å²) in [5.41, 5.74) is 3.73. The summed E-state index contributed by atoms with van der Waals surface area (Å²) < 4.78 is 13.6. The first-order valence-corrected chi connectivity index (χ1v) is 11.2. The molecule has 0 fully saturated rings. The SMILES string of the molecule is CC(C)c1sc(-c2ccccc2)c(-c2ccc(F)cc2)c1C=CC(O)CC(=O)CC(=O)O. The number of halogens is 1. The number of hydrogen-bond acceptors (Lipinski definition) is 4. The molecule has 1 atom stereocenters. The third-order valence-electron chi connectivity index (χ3n) is 4.94. The molecule has 1 unspecified atom stereocenters. The van der Waals surface area contributed by atoms with Crippen LogP contribution in [0.3, 0.4) is 0 Å². The van der Waals surface area contributed by atoms with E-state index in [0.717, 1.165) is 32.0 Å². The molecule has 2 aromatic carbocycles. The van der Waals surface area contributed by atoms with Crippen molar-refractivity contribution in [2.24, 2.45) is 0 Å². The number of aliphatic carboxylic acids is 1. The molecule has 0 saturated carbocycles. The number of thiophene rings is 1. The van der Waals surface area contributed by atoms with E-state index in [-0.39, 0.29) is 18.2 Å². The largest absolute Gasteiger partial charge is 0.481 e. The maximum Gasteiger partial charge on any atom is 0.310 e. The summed E-state index contributed by atoms with van der Waals surface area (Å²) in [6, 6.07) is 16.2. The predicted octanol–water partition coefficient (Wildman–Crippen LogP) is 6.15. The highest BCUT2D eigenvalue weighted by Gasteiger charge is 2.21. The van der Waals surface area contributed by atoms with E-state index in [9.17, 15) is 19.1 Å². The van der Waals surface area contributed by atoms with E-state index in [0.29, 0.717) is 0 Å². The van der Waals surface area contributed by atoms with Crippen LogP contribution in [-0.2, 0) is 9.59 Å². The first-order chi connectivity index (χ1) is 15.3. The van der Waals surface area contributed by atoms with Crippen LogP contribution in [-0.4, -0.2) is 28.1 Å². The molecular weight excluding hydrogens is 427 g/mol. The Bertz CT molecular complexity index is 1110. The van der Waals surface area contributed by atoms with Crippen LogP contribution in [0.1, 0.15) is 43.0 Å². The number of carboxylic acid groups (broad SMARTS) is 1. The summed E-state index contributed by atoms with van der Waals surface area (Å²) in [6.07, 6.45) is 1.34. The van der Waals surface area contributed by atoms with Crippen LogP contribution in [0.5, 0.6) is 0 Å². The normalized spacial score (nSPS) is 12.4. The molecule has 4 nitrogen and oxygen atoms in total. The van der Waals surface area contributed by atoms with Gasteiger partial charge in [-0.1, -0.05) is 68.5 Å². The second-order valence-electron chi connectivity index (χ2n) is 7.85. The first kappa shape index (κ1) is 23.6. The van der Waals surface area contributed by atoms with E-state index in [2.05, 4.69) is 13.8 Å². The average Bonchev–Trinajstić information content (AvgIpc) is 3.12. The van der Waals surface area contributed by atoms with E-state index in [1.807, 2.05) is 30.3 Å². The highest BCUT2D eigenvalue weighted by atomic mass is 32.1. The molecule has 3 rings (SSSR count). The van der Waals surface area contributed by atoms with Crippen molar-refractivity contribution in [2.45, 2.75) is 38.7 Å². The molecule has 0 aliphatic carbocycles. The summed E-state index contributed by atoms with van der Waals surface area (Å²) in [7, 11) is 0. The standard InChI is InChI=1S/C26H25FO4S/c1-16(2)25-22(13-12-20(28)14-21(29)15-23(30)31)24(17-8-10-19(27)11-9-17)26(32-25)18-6-4-3-5-7-18/h3-13,16,20,28H,14-15H2,1-2H3,(H,30,31). The number of carbonyl (C=O) groups excluding carboxylic acids is 1. The number of benzene rings is 2. The van der Waals surface area contributed by atoms with Crippen molar-refractivity contribution >= 4 is 29.2 Å². The number of carbonyl (C=O) groups is 2. The topological polar surface area (TPSA) is 74.6 Å². The Balaban J connectivity index is 2.09. The van der Waals surface area contributed by atoms with Crippen molar-refractivity contribution in [3.05, 3.63) is 76.9 Å². The molecule has 1 heterocycles. The molecule has 3 aromatic rings. The lowest BCUT2D eigenvalue weighted by molar-refractivity contribution is -0.140. The van der Waals surface area contributed by atoms with E-state index in [1.165, 1.54) is 18.2 Å². The molecule has 166 valence electrons. The Morgan fingerprint density at radius 1 is 1.03 bits per heavy atom. The zero-order valence-corrected chi connectivity index (χ0v) is 18.7. The van der Waals surface area contributed by atoms with Crippen LogP contribution in [0.15, 0.2) is 60.7 Å². The quantitative estimate of drug-likeness (QED) is 0.382. The highest BCUT2D eigenvalue weighted by Crippen LogP contribution is 2.46. The molecular formula is C26H25FO4S. The third kappa shape index (κ3) is 5.78. The lowest BCUT2D eigenvalue weighted by atomic mass is 9.94. The summed E-state index contributed by atoms with van der Waals surface area (Å²) >= 11 is 1.65. The van der Waals surface area contributed by atoms with Gasteiger partial charge in [0.25, 0.3) is 0 Å². The van der Waals surface area contributed by atoms with Gasteiger partial charge in [0.1, 0.15) is 18.0 Å². The van der Waals surface area contributed by atoms with Gasteiger partial charge in [0.15, 0.2) is 0 Å². The van der Waals surface area contributed by atoms with Gasteiger partial charge in [0, 0.05) is 21.7 Å². The Hall–Kier alpha value is -3.09. The maximum atomic E-state index is 13.6. The van der Waals surface area contributed by atoms with Crippen molar-refractivity contribution < 1.29 is 24.2 Å². The van der Waals surface area contributed by atoms with Crippen LogP contribution in [0.25, 0.3) is 27.6 Å². The second kappa shape index (κ2) is 10.5. The van der Waals surface area contributed by atoms with E-state index in [1.54, 1.807) is 29.5 Å². The van der Waals surface area contributed by atoms with E-state index < -0.39 is 24.3 Å². The lowest BCUT2D eigenvalue weighted by Crippen LogP contribution is -2.14. The summed E-state index contributed by atoms with van der Waals surface area (Å²) in [4.78, 5) is 24.6. The van der Waals surface area contributed by atoms with Gasteiger partial charge in [0.2, 0.25) is 0 Å². The van der Waals surface area contributed by atoms with Crippen LogP contribution < -0.4 is 0 Å². The molecule has 0 spiro atoms. The average molecular weight is 453 g/mol. The molecule has 6 heteroatoms. The summed E-state index contributed by atoms with van der Waals surface area (Å²) in [5, 5.41) is 19.0. The highest BCUT2D eigenvalue weighted by molar-refractivity contribution is 7.16. The van der Waals surface area contributed by atoms with Gasteiger partial charge in [-0.25, -0.2) is 4.39 Å². The zero-order chi connectivity index (χ0) is 23.3. The summed E-state index contributed by atoms with van der Waals surface area (Å²) in [5.74, 6) is -1.87. The molecule has 0 radical (unpaired) electrons. The van der Waals surface area contributed by atoms with Crippen LogP contribution in [0.2, 0.25) is 0 Å². The van der Waals surface area contributed by atoms with Crippen molar-refractivity contribution in [2.75, 3.05) is 0 Å². The molecule has 32 heavy (non-hydrogen) atoms. The van der Waals surface area contributed by atoms with Crippen molar-refractivity contribution in [3.63, 3.8) is 0 Å². The van der Waals surface area contributed by atoms with Crippen molar-refractivity contribution in [1.82, 2.24) is 0 Å². The number of hydrogen-bond donors (Lipinski definition) is 2. The predicted molar refractivity (Wildman–Crippen MR) is 126 cm³/mol. The number of rotatable bonds is 9.